The van der Waals surface area contributed by atoms with Crippen molar-refractivity contribution in [1.82, 2.24) is 9.55 Å². The fourth-order valence-corrected chi connectivity index (χ4v) is 2.41. The standard InChI is InChI=1S/C17H16ClN3/c18-17-7-2-1-5-15(17)11-20-16-6-3-4-14(10-16)12-21-9-8-19-13-21/h1-10,13,20H,11-12H2. The number of hydrogen-bond acceptors (Lipinski definition) is 2. The Labute approximate surface area is 129 Å². The summed E-state index contributed by atoms with van der Waals surface area (Å²) in [6, 6.07) is 16.3. The first kappa shape index (κ1) is 13.7. The number of benzene rings is 2. The normalized spacial score (nSPS) is 10.5. The van der Waals surface area contributed by atoms with Gasteiger partial charge in [-0.25, -0.2) is 4.98 Å². The lowest BCUT2D eigenvalue weighted by Gasteiger charge is -2.10. The molecule has 0 bridgehead atoms. The van der Waals surface area contributed by atoms with E-state index >= 15 is 0 Å². The van der Waals surface area contributed by atoms with Gasteiger partial charge in [0.2, 0.25) is 0 Å². The van der Waals surface area contributed by atoms with Crippen molar-refractivity contribution in [3.63, 3.8) is 0 Å². The molecule has 0 radical (unpaired) electrons. The number of aromatic nitrogens is 2. The van der Waals surface area contributed by atoms with Crippen molar-refractivity contribution in [2.45, 2.75) is 13.1 Å². The van der Waals surface area contributed by atoms with Crippen molar-refractivity contribution < 1.29 is 0 Å². The highest BCUT2D eigenvalue weighted by Crippen LogP contribution is 2.18. The van der Waals surface area contributed by atoms with Gasteiger partial charge < -0.3 is 9.88 Å². The van der Waals surface area contributed by atoms with E-state index in [1.807, 2.05) is 41.4 Å². The molecule has 0 aliphatic rings. The van der Waals surface area contributed by atoms with Crippen molar-refractivity contribution in [1.29, 1.82) is 0 Å². The van der Waals surface area contributed by atoms with E-state index in [0.29, 0.717) is 6.54 Å². The number of anilines is 1. The summed E-state index contributed by atoms with van der Waals surface area (Å²) in [5.41, 5.74) is 3.42. The molecule has 1 aromatic heterocycles. The second-order valence-electron chi connectivity index (χ2n) is 4.88. The maximum Gasteiger partial charge on any atom is 0.0949 e. The molecular weight excluding hydrogens is 282 g/mol. The molecule has 3 aromatic rings. The highest BCUT2D eigenvalue weighted by Gasteiger charge is 2.00. The Hall–Kier alpha value is -2.26. The van der Waals surface area contributed by atoms with Crippen LogP contribution < -0.4 is 5.32 Å². The van der Waals surface area contributed by atoms with E-state index in [2.05, 4.69) is 34.6 Å². The molecule has 0 saturated heterocycles. The van der Waals surface area contributed by atoms with E-state index in [9.17, 15) is 0 Å². The monoisotopic (exact) mass is 297 g/mol. The van der Waals surface area contributed by atoms with E-state index in [-0.39, 0.29) is 0 Å². The number of rotatable bonds is 5. The van der Waals surface area contributed by atoms with Crippen molar-refractivity contribution in [3.05, 3.63) is 83.4 Å². The van der Waals surface area contributed by atoms with Crippen LogP contribution in [-0.2, 0) is 13.1 Å². The largest absolute Gasteiger partial charge is 0.381 e. The van der Waals surface area contributed by atoms with Gasteiger partial charge in [-0.2, -0.15) is 0 Å². The molecule has 21 heavy (non-hydrogen) atoms. The summed E-state index contributed by atoms with van der Waals surface area (Å²) in [5.74, 6) is 0. The van der Waals surface area contributed by atoms with Gasteiger partial charge in [0.1, 0.15) is 0 Å². The molecule has 0 spiro atoms. The SMILES string of the molecule is Clc1ccccc1CNc1cccc(Cn2ccnc2)c1. The second kappa shape index (κ2) is 6.46. The number of imidazole rings is 1. The first-order chi connectivity index (χ1) is 10.3. The van der Waals surface area contributed by atoms with Crippen LogP contribution in [0.3, 0.4) is 0 Å². The third kappa shape index (κ3) is 3.64. The molecule has 0 amide bonds. The fourth-order valence-electron chi connectivity index (χ4n) is 2.21. The molecule has 0 aliphatic heterocycles. The van der Waals surface area contributed by atoms with Crippen LogP contribution in [0.25, 0.3) is 0 Å². The topological polar surface area (TPSA) is 29.9 Å². The van der Waals surface area contributed by atoms with Gasteiger partial charge in [0, 0.05) is 36.2 Å². The minimum Gasteiger partial charge on any atom is -0.381 e. The van der Waals surface area contributed by atoms with Gasteiger partial charge in [-0.05, 0) is 29.3 Å². The van der Waals surface area contributed by atoms with Gasteiger partial charge >= 0.3 is 0 Å². The van der Waals surface area contributed by atoms with Gasteiger partial charge in [-0.1, -0.05) is 41.9 Å². The molecule has 0 saturated carbocycles. The van der Waals surface area contributed by atoms with E-state index in [1.54, 1.807) is 6.20 Å². The third-order valence-electron chi connectivity index (χ3n) is 3.29. The Morgan fingerprint density at radius 2 is 2.00 bits per heavy atom. The quantitative estimate of drug-likeness (QED) is 0.765. The van der Waals surface area contributed by atoms with E-state index in [4.69, 9.17) is 11.6 Å². The zero-order valence-corrected chi connectivity index (χ0v) is 12.3. The zero-order valence-electron chi connectivity index (χ0n) is 11.5. The van der Waals surface area contributed by atoms with Crippen LogP contribution >= 0.6 is 11.6 Å². The summed E-state index contributed by atoms with van der Waals surface area (Å²) in [5, 5.41) is 4.20. The molecule has 1 heterocycles. The Morgan fingerprint density at radius 1 is 1.10 bits per heavy atom. The highest BCUT2D eigenvalue weighted by atomic mass is 35.5. The number of nitrogens with zero attached hydrogens (tertiary/aromatic N) is 2. The number of nitrogens with one attached hydrogen (secondary N) is 1. The van der Waals surface area contributed by atoms with Crippen LogP contribution in [-0.4, -0.2) is 9.55 Å². The fraction of sp³-hybridized carbons (Fsp3) is 0.118. The average Bonchev–Trinajstić information content (AvgIpc) is 3.00. The summed E-state index contributed by atoms with van der Waals surface area (Å²) in [6.07, 6.45) is 5.58. The molecule has 1 N–H and O–H groups in total. The lowest BCUT2D eigenvalue weighted by atomic mass is 10.2. The minimum absolute atomic E-state index is 0.716. The van der Waals surface area contributed by atoms with Crippen molar-refractivity contribution >= 4 is 17.3 Å². The molecule has 2 aromatic carbocycles. The Bertz CT molecular complexity index is 708. The lowest BCUT2D eigenvalue weighted by Crippen LogP contribution is -2.01. The third-order valence-corrected chi connectivity index (χ3v) is 3.66. The van der Waals surface area contributed by atoms with Crippen LogP contribution in [0.2, 0.25) is 5.02 Å². The van der Waals surface area contributed by atoms with Gasteiger partial charge in [-0.15, -0.1) is 0 Å². The summed E-state index contributed by atoms with van der Waals surface area (Å²) >= 11 is 6.17. The summed E-state index contributed by atoms with van der Waals surface area (Å²) in [6.45, 7) is 1.54. The molecule has 0 atom stereocenters. The maximum absolute atomic E-state index is 6.17. The van der Waals surface area contributed by atoms with Crippen molar-refractivity contribution in [2.75, 3.05) is 5.32 Å². The molecule has 106 valence electrons. The average molecular weight is 298 g/mol. The van der Waals surface area contributed by atoms with Crippen molar-refractivity contribution in [2.24, 2.45) is 0 Å². The van der Waals surface area contributed by atoms with Gasteiger partial charge in [0.25, 0.3) is 0 Å². The Balaban J connectivity index is 1.67. The maximum atomic E-state index is 6.17. The van der Waals surface area contributed by atoms with Crippen LogP contribution in [0, 0.1) is 0 Å². The van der Waals surface area contributed by atoms with Crippen LogP contribution in [0.1, 0.15) is 11.1 Å². The molecular formula is C17H16ClN3. The van der Waals surface area contributed by atoms with Crippen LogP contribution in [0.4, 0.5) is 5.69 Å². The van der Waals surface area contributed by atoms with Gasteiger partial charge in [0.15, 0.2) is 0 Å². The lowest BCUT2D eigenvalue weighted by molar-refractivity contribution is 0.797. The highest BCUT2D eigenvalue weighted by molar-refractivity contribution is 6.31. The first-order valence-corrected chi connectivity index (χ1v) is 7.21. The minimum atomic E-state index is 0.716. The molecule has 3 rings (SSSR count). The first-order valence-electron chi connectivity index (χ1n) is 6.83. The predicted octanol–water partition coefficient (Wildman–Crippen LogP) is 4.20. The van der Waals surface area contributed by atoms with Gasteiger partial charge in [-0.3, -0.25) is 0 Å². The number of hydrogen-bond donors (Lipinski definition) is 1. The molecule has 0 fully saturated rings. The summed E-state index contributed by atoms with van der Waals surface area (Å²) < 4.78 is 2.05. The van der Waals surface area contributed by atoms with E-state index in [1.165, 1.54) is 5.56 Å². The number of halogens is 1. The van der Waals surface area contributed by atoms with Crippen LogP contribution in [0.5, 0.6) is 0 Å². The molecule has 0 unspecified atom stereocenters. The predicted molar refractivity (Wildman–Crippen MR) is 86.5 cm³/mol. The summed E-state index contributed by atoms with van der Waals surface area (Å²) in [7, 11) is 0. The molecule has 3 nitrogen and oxygen atoms in total. The Kier molecular flexibility index (Phi) is 4.22. The second-order valence-corrected chi connectivity index (χ2v) is 5.29. The summed E-state index contributed by atoms with van der Waals surface area (Å²) in [4.78, 5) is 4.06. The van der Waals surface area contributed by atoms with Crippen LogP contribution in [0.15, 0.2) is 67.3 Å². The van der Waals surface area contributed by atoms with E-state index in [0.717, 1.165) is 22.8 Å². The van der Waals surface area contributed by atoms with Gasteiger partial charge in [0.05, 0.1) is 6.33 Å². The smallest absolute Gasteiger partial charge is 0.0949 e. The molecule has 0 aliphatic carbocycles. The van der Waals surface area contributed by atoms with Crippen molar-refractivity contribution in [3.8, 4) is 0 Å². The Morgan fingerprint density at radius 3 is 2.81 bits per heavy atom. The zero-order chi connectivity index (χ0) is 14.5. The molecule has 4 heteroatoms. The van der Waals surface area contributed by atoms with E-state index < -0.39 is 0 Å².